The van der Waals surface area contributed by atoms with Gasteiger partial charge in [-0.15, -0.1) is 0 Å². The standard InChI is InChI=1S/C20H33N3O/c1-22-12-14-23(15-13-22)16-20(17-6-4-3-5-7-17)21-18-8-10-19(24-2)11-9-18/h3-7,18-21H,8-16H2,1-2H3. The van der Waals surface area contributed by atoms with Crippen molar-refractivity contribution in [3.63, 3.8) is 0 Å². The molecular formula is C20H33N3O. The Kier molecular flexibility index (Phi) is 6.67. The van der Waals surface area contributed by atoms with E-state index in [9.17, 15) is 0 Å². The van der Waals surface area contributed by atoms with Crippen LogP contribution in [0.2, 0.25) is 0 Å². The molecule has 1 aromatic carbocycles. The summed E-state index contributed by atoms with van der Waals surface area (Å²) in [6.45, 7) is 5.83. The Morgan fingerprint density at radius 3 is 2.33 bits per heavy atom. The molecule has 0 radical (unpaired) electrons. The maximum Gasteiger partial charge on any atom is 0.0572 e. The second kappa shape index (κ2) is 8.95. The van der Waals surface area contributed by atoms with Gasteiger partial charge in [-0.2, -0.15) is 0 Å². The summed E-state index contributed by atoms with van der Waals surface area (Å²) >= 11 is 0. The highest BCUT2D eigenvalue weighted by atomic mass is 16.5. The molecule has 0 spiro atoms. The molecule has 1 unspecified atom stereocenters. The van der Waals surface area contributed by atoms with Crippen molar-refractivity contribution in [1.29, 1.82) is 0 Å². The maximum atomic E-state index is 5.52. The minimum atomic E-state index is 0.429. The molecule has 134 valence electrons. The fraction of sp³-hybridized carbons (Fsp3) is 0.700. The van der Waals surface area contributed by atoms with Crippen LogP contribution >= 0.6 is 0 Å². The third-order valence-electron chi connectivity index (χ3n) is 5.68. The fourth-order valence-corrected chi connectivity index (χ4v) is 3.98. The van der Waals surface area contributed by atoms with Gasteiger partial charge in [-0.3, -0.25) is 4.90 Å². The van der Waals surface area contributed by atoms with Gasteiger partial charge in [0.25, 0.3) is 0 Å². The first kappa shape index (κ1) is 17.9. The Labute approximate surface area is 147 Å². The first-order valence-electron chi connectivity index (χ1n) is 9.49. The average Bonchev–Trinajstić information content (AvgIpc) is 2.64. The molecule has 1 atom stereocenters. The van der Waals surface area contributed by atoms with Crippen molar-refractivity contribution in [3.05, 3.63) is 35.9 Å². The second-order valence-corrected chi connectivity index (χ2v) is 7.44. The van der Waals surface area contributed by atoms with Crippen molar-refractivity contribution >= 4 is 0 Å². The van der Waals surface area contributed by atoms with Gasteiger partial charge in [0.2, 0.25) is 0 Å². The van der Waals surface area contributed by atoms with Gasteiger partial charge in [-0.05, 0) is 38.3 Å². The van der Waals surface area contributed by atoms with Gasteiger partial charge in [0.05, 0.1) is 6.10 Å². The number of likely N-dealkylation sites (N-methyl/N-ethyl adjacent to an activating group) is 1. The Bertz CT molecular complexity index is 465. The molecule has 24 heavy (non-hydrogen) atoms. The summed E-state index contributed by atoms with van der Waals surface area (Å²) in [6, 6.07) is 12.0. The van der Waals surface area contributed by atoms with Crippen LogP contribution in [0.25, 0.3) is 0 Å². The number of nitrogens with one attached hydrogen (secondary N) is 1. The van der Waals surface area contributed by atoms with Crippen molar-refractivity contribution in [1.82, 2.24) is 15.1 Å². The summed E-state index contributed by atoms with van der Waals surface area (Å²) in [5.41, 5.74) is 1.42. The third-order valence-corrected chi connectivity index (χ3v) is 5.68. The van der Waals surface area contributed by atoms with E-state index in [2.05, 4.69) is 52.5 Å². The number of benzene rings is 1. The van der Waals surface area contributed by atoms with E-state index in [0.29, 0.717) is 18.2 Å². The summed E-state index contributed by atoms with van der Waals surface area (Å²) < 4.78 is 5.52. The minimum Gasteiger partial charge on any atom is -0.381 e. The summed E-state index contributed by atoms with van der Waals surface area (Å²) in [5, 5.41) is 3.96. The van der Waals surface area contributed by atoms with Crippen molar-refractivity contribution in [2.75, 3.05) is 46.9 Å². The SMILES string of the molecule is COC1CCC(NC(CN2CCN(C)CC2)c2ccccc2)CC1. The van der Waals surface area contributed by atoms with Gasteiger partial charge in [0, 0.05) is 51.9 Å². The Balaban J connectivity index is 1.60. The maximum absolute atomic E-state index is 5.52. The topological polar surface area (TPSA) is 27.7 Å². The van der Waals surface area contributed by atoms with Crippen LogP contribution < -0.4 is 5.32 Å². The van der Waals surface area contributed by atoms with Crippen LogP contribution in [-0.4, -0.2) is 68.8 Å². The number of hydrogen-bond acceptors (Lipinski definition) is 4. The molecule has 1 saturated carbocycles. The second-order valence-electron chi connectivity index (χ2n) is 7.44. The normalized spacial score (nSPS) is 27.9. The zero-order valence-corrected chi connectivity index (χ0v) is 15.3. The number of nitrogens with zero attached hydrogens (tertiary/aromatic N) is 2. The van der Waals surface area contributed by atoms with E-state index in [0.717, 1.165) is 6.54 Å². The predicted molar refractivity (Wildman–Crippen MR) is 99.3 cm³/mol. The molecule has 0 bridgehead atoms. The number of rotatable bonds is 6. The number of ether oxygens (including phenoxy) is 1. The quantitative estimate of drug-likeness (QED) is 0.867. The fourth-order valence-electron chi connectivity index (χ4n) is 3.98. The molecule has 2 aliphatic rings. The molecule has 1 N–H and O–H groups in total. The van der Waals surface area contributed by atoms with Crippen LogP contribution in [0.5, 0.6) is 0 Å². The van der Waals surface area contributed by atoms with E-state index in [-0.39, 0.29) is 0 Å². The molecule has 1 heterocycles. The molecule has 3 rings (SSSR count). The lowest BCUT2D eigenvalue weighted by atomic mass is 9.91. The van der Waals surface area contributed by atoms with Gasteiger partial charge in [0.1, 0.15) is 0 Å². The molecule has 0 amide bonds. The van der Waals surface area contributed by atoms with E-state index in [1.807, 2.05) is 7.11 Å². The van der Waals surface area contributed by atoms with E-state index < -0.39 is 0 Å². The number of hydrogen-bond donors (Lipinski definition) is 1. The lowest BCUT2D eigenvalue weighted by molar-refractivity contribution is 0.0594. The highest BCUT2D eigenvalue weighted by Gasteiger charge is 2.25. The van der Waals surface area contributed by atoms with Gasteiger partial charge in [-0.1, -0.05) is 30.3 Å². The Morgan fingerprint density at radius 1 is 1.04 bits per heavy atom. The Hall–Kier alpha value is -0.940. The summed E-state index contributed by atoms with van der Waals surface area (Å²) in [4.78, 5) is 5.04. The lowest BCUT2D eigenvalue weighted by Crippen LogP contribution is -2.48. The minimum absolute atomic E-state index is 0.429. The van der Waals surface area contributed by atoms with Crippen molar-refractivity contribution in [2.24, 2.45) is 0 Å². The summed E-state index contributed by atoms with van der Waals surface area (Å²) in [5.74, 6) is 0. The third kappa shape index (κ3) is 5.03. The molecule has 4 heteroatoms. The largest absolute Gasteiger partial charge is 0.381 e. The summed E-state index contributed by atoms with van der Waals surface area (Å²) in [6.07, 6.45) is 5.29. The molecule has 1 aromatic rings. The summed E-state index contributed by atoms with van der Waals surface area (Å²) in [7, 11) is 4.07. The van der Waals surface area contributed by atoms with Crippen LogP contribution in [0, 0.1) is 0 Å². The van der Waals surface area contributed by atoms with E-state index >= 15 is 0 Å². The average molecular weight is 332 g/mol. The molecule has 1 aliphatic carbocycles. The van der Waals surface area contributed by atoms with E-state index in [1.165, 1.54) is 57.4 Å². The van der Waals surface area contributed by atoms with Gasteiger partial charge < -0.3 is 15.0 Å². The zero-order chi connectivity index (χ0) is 16.8. The molecule has 1 saturated heterocycles. The van der Waals surface area contributed by atoms with Crippen molar-refractivity contribution in [3.8, 4) is 0 Å². The molecular weight excluding hydrogens is 298 g/mol. The molecule has 4 nitrogen and oxygen atoms in total. The van der Waals surface area contributed by atoms with Gasteiger partial charge >= 0.3 is 0 Å². The van der Waals surface area contributed by atoms with Crippen LogP contribution in [0.4, 0.5) is 0 Å². The van der Waals surface area contributed by atoms with Crippen LogP contribution in [0.1, 0.15) is 37.3 Å². The first-order valence-corrected chi connectivity index (χ1v) is 9.49. The Morgan fingerprint density at radius 2 is 1.71 bits per heavy atom. The van der Waals surface area contributed by atoms with Gasteiger partial charge in [-0.25, -0.2) is 0 Å². The van der Waals surface area contributed by atoms with Crippen LogP contribution in [-0.2, 0) is 4.74 Å². The molecule has 1 aliphatic heterocycles. The predicted octanol–water partition coefficient (Wildman–Crippen LogP) is 2.52. The molecule has 2 fully saturated rings. The smallest absolute Gasteiger partial charge is 0.0572 e. The highest BCUT2D eigenvalue weighted by molar-refractivity contribution is 5.19. The lowest BCUT2D eigenvalue weighted by Gasteiger charge is -2.37. The van der Waals surface area contributed by atoms with Crippen LogP contribution in [0.3, 0.4) is 0 Å². The number of methoxy groups -OCH3 is 1. The highest BCUT2D eigenvalue weighted by Crippen LogP contribution is 2.24. The monoisotopic (exact) mass is 331 g/mol. The van der Waals surface area contributed by atoms with Crippen molar-refractivity contribution in [2.45, 2.75) is 43.9 Å². The van der Waals surface area contributed by atoms with Crippen LogP contribution in [0.15, 0.2) is 30.3 Å². The zero-order valence-electron chi connectivity index (χ0n) is 15.3. The van der Waals surface area contributed by atoms with Gasteiger partial charge in [0.15, 0.2) is 0 Å². The van der Waals surface area contributed by atoms with E-state index in [4.69, 9.17) is 4.74 Å². The van der Waals surface area contributed by atoms with Crippen molar-refractivity contribution < 1.29 is 4.74 Å². The van der Waals surface area contributed by atoms with E-state index in [1.54, 1.807) is 0 Å². The first-order chi connectivity index (χ1) is 11.7. The number of piperazine rings is 1. The molecule has 0 aromatic heterocycles.